The number of alkyl halides is 1. The van der Waals surface area contributed by atoms with Crippen LogP contribution < -0.4 is 0 Å². The van der Waals surface area contributed by atoms with Crippen molar-refractivity contribution >= 4 is 27.5 Å². The molecule has 0 amide bonds. The van der Waals surface area contributed by atoms with E-state index >= 15 is 0 Å². The summed E-state index contributed by atoms with van der Waals surface area (Å²) in [5.74, 6) is -3.05. The van der Waals surface area contributed by atoms with Crippen molar-refractivity contribution in [3.63, 3.8) is 0 Å². The molecule has 1 aromatic carbocycles. The van der Waals surface area contributed by atoms with Crippen molar-refractivity contribution in [3.8, 4) is 0 Å². The Hall–Kier alpha value is -0.940. The lowest BCUT2D eigenvalue weighted by atomic mass is 10.1. The summed E-state index contributed by atoms with van der Waals surface area (Å²) in [6.07, 6.45) is 1.33. The Kier molecular flexibility index (Phi) is 3.49. The van der Waals surface area contributed by atoms with Gasteiger partial charge in [0.25, 0.3) is 0 Å². The van der Waals surface area contributed by atoms with Gasteiger partial charge in [0.1, 0.15) is 17.5 Å². The fraction of sp³-hybridized carbons (Fsp3) is 0.0909. The maximum Gasteiger partial charge on any atom is 0.173 e. The van der Waals surface area contributed by atoms with Crippen LogP contribution in [0.4, 0.5) is 13.2 Å². The average Bonchev–Trinajstić information content (AvgIpc) is 2.62. The van der Waals surface area contributed by atoms with E-state index in [9.17, 15) is 13.2 Å². The fourth-order valence-electron chi connectivity index (χ4n) is 1.44. The van der Waals surface area contributed by atoms with Gasteiger partial charge >= 0.3 is 0 Å². The Balaban J connectivity index is 2.51. The summed E-state index contributed by atoms with van der Waals surface area (Å²) >= 11 is 9.01. The maximum atomic E-state index is 13.5. The quantitative estimate of drug-likeness (QED) is 0.724. The van der Waals surface area contributed by atoms with Gasteiger partial charge in [-0.25, -0.2) is 13.2 Å². The second-order valence-corrected chi connectivity index (χ2v) is 4.45. The van der Waals surface area contributed by atoms with Gasteiger partial charge in [0, 0.05) is 23.3 Å². The van der Waals surface area contributed by atoms with Gasteiger partial charge in [0.15, 0.2) is 4.67 Å². The summed E-state index contributed by atoms with van der Waals surface area (Å²) in [6.45, 7) is 0. The van der Waals surface area contributed by atoms with Crippen molar-refractivity contribution < 1.29 is 17.6 Å². The van der Waals surface area contributed by atoms with E-state index in [1.807, 2.05) is 0 Å². The molecule has 0 aliphatic rings. The minimum absolute atomic E-state index is 0.278. The highest BCUT2D eigenvalue weighted by Gasteiger charge is 2.24. The summed E-state index contributed by atoms with van der Waals surface area (Å²) in [5, 5.41) is -1.09. The van der Waals surface area contributed by atoms with E-state index in [2.05, 4.69) is 15.9 Å². The van der Waals surface area contributed by atoms with E-state index in [0.717, 1.165) is 0 Å². The van der Waals surface area contributed by atoms with E-state index in [-0.39, 0.29) is 4.67 Å². The van der Waals surface area contributed by atoms with Crippen molar-refractivity contribution in [2.75, 3.05) is 0 Å². The minimum atomic E-state index is -1.09. The van der Waals surface area contributed by atoms with Crippen LogP contribution in [0.2, 0.25) is 0 Å². The van der Waals surface area contributed by atoms with Crippen LogP contribution in [0.15, 0.2) is 33.5 Å². The van der Waals surface area contributed by atoms with Crippen LogP contribution >= 0.6 is 27.5 Å². The standard InChI is InChI=1S/C11H5BrClF3O/c12-11-6(1-2-17-11)10(13)9-7(15)3-5(14)4-8(9)16/h1-4,10H. The molecule has 0 radical (unpaired) electrons. The third kappa shape index (κ3) is 2.35. The van der Waals surface area contributed by atoms with Gasteiger partial charge in [0.2, 0.25) is 0 Å². The van der Waals surface area contributed by atoms with Crippen molar-refractivity contribution in [1.82, 2.24) is 0 Å². The lowest BCUT2D eigenvalue weighted by Gasteiger charge is -2.10. The van der Waals surface area contributed by atoms with Crippen molar-refractivity contribution in [3.05, 3.63) is 57.7 Å². The molecule has 1 unspecified atom stereocenters. The van der Waals surface area contributed by atoms with Gasteiger partial charge in [-0.2, -0.15) is 0 Å². The van der Waals surface area contributed by atoms with Crippen LogP contribution in [0.3, 0.4) is 0 Å². The zero-order valence-corrected chi connectivity index (χ0v) is 10.5. The number of furan rings is 1. The van der Waals surface area contributed by atoms with Gasteiger partial charge < -0.3 is 4.42 Å². The van der Waals surface area contributed by atoms with Crippen molar-refractivity contribution in [2.24, 2.45) is 0 Å². The second kappa shape index (κ2) is 4.74. The first-order valence-corrected chi connectivity index (χ1v) is 5.75. The molecular weight excluding hydrogens is 320 g/mol. The predicted molar refractivity (Wildman–Crippen MR) is 60.4 cm³/mol. The topological polar surface area (TPSA) is 13.1 Å². The zero-order chi connectivity index (χ0) is 12.6. The highest BCUT2D eigenvalue weighted by atomic mass is 79.9. The molecule has 0 bridgehead atoms. The molecule has 1 heterocycles. The molecule has 1 atom stereocenters. The summed E-state index contributed by atoms with van der Waals surface area (Å²) in [5.41, 5.74) is -0.0359. The molecule has 0 aliphatic heterocycles. The molecule has 6 heteroatoms. The number of hydrogen-bond acceptors (Lipinski definition) is 1. The largest absolute Gasteiger partial charge is 0.457 e. The van der Waals surface area contributed by atoms with Crippen LogP contribution in [-0.2, 0) is 0 Å². The second-order valence-electron chi connectivity index (χ2n) is 3.30. The zero-order valence-electron chi connectivity index (χ0n) is 8.18. The molecule has 0 N–H and O–H groups in total. The molecule has 0 saturated heterocycles. The lowest BCUT2D eigenvalue weighted by molar-refractivity contribution is 0.521. The maximum absolute atomic E-state index is 13.5. The lowest BCUT2D eigenvalue weighted by Crippen LogP contribution is -2.01. The van der Waals surface area contributed by atoms with E-state index in [1.54, 1.807) is 0 Å². The van der Waals surface area contributed by atoms with Crippen LogP contribution in [0.5, 0.6) is 0 Å². The van der Waals surface area contributed by atoms with Gasteiger partial charge in [-0.3, -0.25) is 0 Å². The minimum Gasteiger partial charge on any atom is -0.457 e. The van der Waals surface area contributed by atoms with E-state index < -0.39 is 28.4 Å². The van der Waals surface area contributed by atoms with Gasteiger partial charge in [-0.15, -0.1) is 11.6 Å². The van der Waals surface area contributed by atoms with Crippen LogP contribution in [0, 0.1) is 17.5 Å². The molecule has 17 heavy (non-hydrogen) atoms. The molecule has 1 nitrogen and oxygen atoms in total. The normalized spacial score (nSPS) is 12.8. The third-order valence-electron chi connectivity index (χ3n) is 2.22. The molecule has 0 saturated carbocycles. The molecule has 90 valence electrons. The Morgan fingerprint density at radius 1 is 1.18 bits per heavy atom. The molecule has 0 aliphatic carbocycles. The molecule has 0 fully saturated rings. The molecule has 2 aromatic rings. The first kappa shape index (κ1) is 12.5. The van der Waals surface area contributed by atoms with Crippen LogP contribution in [0.25, 0.3) is 0 Å². The number of hydrogen-bond donors (Lipinski definition) is 0. The Morgan fingerprint density at radius 2 is 1.76 bits per heavy atom. The number of halogens is 5. The molecule has 2 rings (SSSR count). The number of rotatable bonds is 2. The first-order chi connectivity index (χ1) is 8.00. The third-order valence-corrected chi connectivity index (χ3v) is 3.31. The van der Waals surface area contributed by atoms with Gasteiger partial charge in [-0.05, 0) is 22.0 Å². The van der Waals surface area contributed by atoms with E-state index in [4.69, 9.17) is 16.0 Å². The van der Waals surface area contributed by atoms with Gasteiger partial charge in [0.05, 0.1) is 11.6 Å². The Bertz CT molecular complexity index is 532. The Morgan fingerprint density at radius 3 is 2.24 bits per heavy atom. The SMILES string of the molecule is Fc1cc(F)c(C(Cl)c2ccoc2Br)c(F)c1. The summed E-state index contributed by atoms with van der Waals surface area (Å²) in [6, 6.07) is 2.65. The Labute approximate surface area is 108 Å². The van der Waals surface area contributed by atoms with Crippen molar-refractivity contribution in [2.45, 2.75) is 5.38 Å². The highest BCUT2D eigenvalue weighted by molar-refractivity contribution is 9.10. The molecular formula is C11H5BrClF3O. The summed E-state index contributed by atoms with van der Waals surface area (Å²) < 4.78 is 44.9. The summed E-state index contributed by atoms with van der Waals surface area (Å²) in [4.78, 5) is 0. The number of benzene rings is 1. The van der Waals surface area contributed by atoms with E-state index in [1.165, 1.54) is 12.3 Å². The fourth-order valence-corrected chi connectivity index (χ4v) is 2.42. The molecule has 0 spiro atoms. The monoisotopic (exact) mass is 324 g/mol. The molecule has 1 aromatic heterocycles. The van der Waals surface area contributed by atoms with E-state index in [0.29, 0.717) is 17.7 Å². The first-order valence-electron chi connectivity index (χ1n) is 4.52. The van der Waals surface area contributed by atoms with Crippen LogP contribution in [-0.4, -0.2) is 0 Å². The van der Waals surface area contributed by atoms with Gasteiger partial charge in [-0.1, -0.05) is 0 Å². The average molecular weight is 326 g/mol. The summed E-state index contributed by atoms with van der Waals surface area (Å²) in [7, 11) is 0. The predicted octanol–water partition coefficient (Wildman–Crippen LogP) is 4.79. The smallest absolute Gasteiger partial charge is 0.173 e. The van der Waals surface area contributed by atoms with Crippen molar-refractivity contribution in [1.29, 1.82) is 0 Å². The van der Waals surface area contributed by atoms with Crippen LogP contribution in [0.1, 0.15) is 16.5 Å². The highest BCUT2D eigenvalue weighted by Crippen LogP contribution is 2.37.